The van der Waals surface area contributed by atoms with Crippen molar-refractivity contribution in [2.75, 3.05) is 25.0 Å². The summed E-state index contributed by atoms with van der Waals surface area (Å²) in [5.74, 6) is 1.63. The van der Waals surface area contributed by atoms with Crippen LogP contribution < -0.4 is 10.6 Å². The molecule has 0 aliphatic carbocycles. The van der Waals surface area contributed by atoms with E-state index in [4.69, 9.17) is 0 Å². The molecule has 1 fully saturated rings. The van der Waals surface area contributed by atoms with Gasteiger partial charge in [0.05, 0.1) is 6.20 Å². The van der Waals surface area contributed by atoms with Crippen molar-refractivity contribution in [2.24, 2.45) is 5.92 Å². The molecule has 4 heterocycles. The fraction of sp³-hybridized carbons (Fsp3) is 0.500. The molecular formula is C18H27N7. The molecule has 134 valence electrons. The maximum atomic E-state index is 4.35. The van der Waals surface area contributed by atoms with E-state index >= 15 is 0 Å². The van der Waals surface area contributed by atoms with Gasteiger partial charge in [-0.3, -0.25) is 4.68 Å². The zero-order chi connectivity index (χ0) is 17.5. The highest BCUT2D eigenvalue weighted by atomic mass is 15.3. The Morgan fingerprint density at radius 3 is 2.60 bits per heavy atom. The fourth-order valence-corrected chi connectivity index (χ4v) is 2.95. The smallest absolute Gasteiger partial charge is 0.180 e. The second-order valence-corrected chi connectivity index (χ2v) is 6.38. The minimum atomic E-state index is 0.744. The summed E-state index contributed by atoms with van der Waals surface area (Å²) >= 11 is 0. The normalized spacial score (nSPS) is 15.0. The molecule has 0 spiro atoms. The number of anilines is 1. The zero-order valence-corrected chi connectivity index (χ0v) is 15.0. The van der Waals surface area contributed by atoms with Crippen LogP contribution in [0.15, 0.2) is 37.2 Å². The lowest BCUT2D eigenvalue weighted by atomic mass is 9.98. The Kier molecular flexibility index (Phi) is 6.00. The minimum Gasteiger partial charge on any atom is -0.367 e. The summed E-state index contributed by atoms with van der Waals surface area (Å²) in [6.07, 6.45) is 13.8. The molecule has 0 unspecified atom stereocenters. The largest absolute Gasteiger partial charge is 0.367 e. The monoisotopic (exact) mass is 341 g/mol. The molecule has 0 radical (unpaired) electrons. The predicted molar refractivity (Wildman–Crippen MR) is 99.7 cm³/mol. The number of piperidine rings is 1. The van der Waals surface area contributed by atoms with Crippen molar-refractivity contribution in [2.45, 2.75) is 33.2 Å². The minimum absolute atomic E-state index is 0.744. The van der Waals surface area contributed by atoms with Crippen LogP contribution in [0.3, 0.4) is 0 Å². The average Bonchev–Trinajstić information content (AvgIpc) is 3.30. The molecule has 0 atom stereocenters. The molecular weight excluding hydrogens is 314 g/mol. The third kappa shape index (κ3) is 4.79. The van der Waals surface area contributed by atoms with Crippen molar-refractivity contribution in [3.05, 3.63) is 42.7 Å². The van der Waals surface area contributed by atoms with Gasteiger partial charge < -0.3 is 15.0 Å². The SMILES string of the molecule is CCn1cc(C)cn1.c1cn2ccnc2c(NCC2CCNCC2)n1. The Labute approximate surface area is 148 Å². The van der Waals surface area contributed by atoms with E-state index in [1.165, 1.54) is 18.4 Å². The van der Waals surface area contributed by atoms with Crippen LogP contribution in [0.25, 0.3) is 5.65 Å². The van der Waals surface area contributed by atoms with E-state index in [9.17, 15) is 0 Å². The molecule has 3 aromatic rings. The molecule has 1 saturated heterocycles. The second kappa shape index (κ2) is 8.62. The number of hydrogen-bond donors (Lipinski definition) is 2. The van der Waals surface area contributed by atoms with E-state index in [2.05, 4.69) is 32.6 Å². The lowest BCUT2D eigenvalue weighted by Crippen LogP contribution is -2.31. The van der Waals surface area contributed by atoms with Gasteiger partial charge >= 0.3 is 0 Å². The van der Waals surface area contributed by atoms with Crippen molar-refractivity contribution in [3.8, 4) is 0 Å². The van der Waals surface area contributed by atoms with Crippen LogP contribution in [0, 0.1) is 12.8 Å². The van der Waals surface area contributed by atoms with Gasteiger partial charge in [-0.1, -0.05) is 0 Å². The summed E-state index contributed by atoms with van der Waals surface area (Å²) in [5, 5.41) is 10.9. The van der Waals surface area contributed by atoms with Crippen LogP contribution in [0.5, 0.6) is 0 Å². The summed E-state index contributed by atoms with van der Waals surface area (Å²) in [7, 11) is 0. The first-order valence-corrected chi connectivity index (χ1v) is 8.97. The number of fused-ring (bicyclic) bond motifs is 1. The molecule has 2 N–H and O–H groups in total. The Balaban J connectivity index is 0.000000192. The van der Waals surface area contributed by atoms with Crippen LogP contribution in [0.2, 0.25) is 0 Å². The van der Waals surface area contributed by atoms with Crippen LogP contribution in [-0.2, 0) is 6.54 Å². The predicted octanol–water partition coefficient (Wildman–Crippen LogP) is 2.35. The molecule has 1 aliphatic heterocycles. The van der Waals surface area contributed by atoms with Gasteiger partial charge in [0, 0.05) is 44.1 Å². The van der Waals surface area contributed by atoms with Crippen molar-refractivity contribution >= 4 is 11.5 Å². The maximum absolute atomic E-state index is 4.35. The van der Waals surface area contributed by atoms with E-state index in [0.717, 1.165) is 43.6 Å². The first kappa shape index (κ1) is 17.4. The summed E-state index contributed by atoms with van der Waals surface area (Å²) in [6.45, 7) is 8.33. The van der Waals surface area contributed by atoms with Crippen LogP contribution >= 0.6 is 0 Å². The van der Waals surface area contributed by atoms with Crippen molar-refractivity contribution in [1.82, 2.24) is 29.5 Å². The van der Waals surface area contributed by atoms with E-state index in [-0.39, 0.29) is 0 Å². The number of rotatable bonds is 4. The number of nitrogens with zero attached hydrogens (tertiary/aromatic N) is 5. The number of hydrogen-bond acceptors (Lipinski definition) is 5. The second-order valence-electron chi connectivity index (χ2n) is 6.38. The summed E-state index contributed by atoms with van der Waals surface area (Å²) < 4.78 is 3.90. The fourth-order valence-electron chi connectivity index (χ4n) is 2.95. The van der Waals surface area contributed by atoms with Gasteiger partial charge in [0.25, 0.3) is 0 Å². The summed E-state index contributed by atoms with van der Waals surface area (Å²) in [4.78, 5) is 8.66. The number of imidazole rings is 1. The molecule has 7 nitrogen and oxygen atoms in total. The highest BCUT2D eigenvalue weighted by Crippen LogP contribution is 2.15. The zero-order valence-electron chi connectivity index (χ0n) is 15.0. The summed E-state index contributed by atoms with van der Waals surface area (Å²) in [6, 6.07) is 0. The van der Waals surface area contributed by atoms with Crippen molar-refractivity contribution < 1.29 is 0 Å². The lowest BCUT2D eigenvalue weighted by Gasteiger charge is -2.22. The lowest BCUT2D eigenvalue weighted by molar-refractivity contribution is 0.389. The summed E-state index contributed by atoms with van der Waals surface area (Å²) in [5.41, 5.74) is 2.13. The van der Waals surface area contributed by atoms with Gasteiger partial charge in [-0.05, 0) is 51.3 Å². The molecule has 7 heteroatoms. The quantitative estimate of drug-likeness (QED) is 0.762. The van der Waals surface area contributed by atoms with Crippen LogP contribution in [0.1, 0.15) is 25.3 Å². The third-order valence-corrected chi connectivity index (χ3v) is 4.41. The number of aromatic nitrogens is 5. The van der Waals surface area contributed by atoms with Gasteiger partial charge in [0.15, 0.2) is 11.5 Å². The molecule has 0 aromatic carbocycles. The van der Waals surface area contributed by atoms with Gasteiger partial charge in [-0.25, -0.2) is 9.97 Å². The van der Waals surface area contributed by atoms with Crippen molar-refractivity contribution in [1.29, 1.82) is 0 Å². The average molecular weight is 341 g/mol. The first-order valence-electron chi connectivity index (χ1n) is 8.97. The maximum Gasteiger partial charge on any atom is 0.180 e. The molecule has 3 aromatic heterocycles. The Hall–Kier alpha value is -2.41. The molecule has 25 heavy (non-hydrogen) atoms. The van der Waals surface area contributed by atoms with Crippen LogP contribution in [0.4, 0.5) is 5.82 Å². The molecule has 0 amide bonds. The Morgan fingerprint density at radius 1 is 1.20 bits per heavy atom. The van der Waals surface area contributed by atoms with E-state index < -0.39 is 0 Å². The third-order valence-electron chi connectivity index (χ3n) is 4.41. The highest BCUT2D eigenvalue weighted by molar-refractivity contribution is 5.62. The first-order chi connectivity index (χ1) is 12.3. The van der Waals surface area contributed by atoms with Crippen LogP contribution in [-0.4, -0.2) is 43.8 Å². The highest BCUT2D eigenvalue weighted by Gasteiger charge is 2.13. The Morgan fingerprint density at radius 2 is 1.96 bits per heavy atom. The van der Waals surface area contributed by atoms with E-state index in [1.807, 2.05) is 40.8 Å². The van der Waals surface area contributed by atoms with E-state index in [0.29, 0.717) is 0 Å². The molecule has 0 saturated carbocycles. The molecule has 0 bridgehead atoms. The van der Waals surface area contributed by atoms with Gasteiger partial charge in [0.1, 0.15) is 0 Å². The van der Waals surface area contributed by atoms with E-state index in [1.54, 1.807) is 12.4 Å². The van der Waals surface area contributed by atoms with Crippen molar-refractivity contribution in [3.63, 3.8) is 0 Å². The van der Waals surface area contributed by atoms with Gasteiger partial charge in [0.2, 0.25) is 0 Å². The number of nitrogens with one attached hydrogen (secondary N) is 2. The van der Waals surface area contributed by atoms with Gasteiger partial charge in [-0.15, -0.1) is 0 Å². The number of aryl methyl sites for hydroxylation is 2. The Bertz CT molecular complexity index is 770. The molecule has 4 rings (SSSR count). The topological polar surface area (TPSA) is 72.1 Å². The molecule has 1 aliphatic rings. The standard InChI is InChI=1S/C12H17N5.C6H10N2/c1-3-13-4-2-10(1)9-16-11-12-15-6-8-17(12)7-5-14-11;1-3-8-5-6(2)4-7-8/h5-8,10,13H,1-4,9H2,(H,14,16);4-5H,3H2,1-2H3. The van der Waals surface area contributed by atoms with Gasteiger partial charge in [-0.2, -0.15) is 5.10 Å².